The van der Waals surface area contributed by atoms with Crippen LogP contribution in [0.2, 0.25) is 5.02 Å². The van der Waals surface area contributed by atoms with Crippen molar-refractivity contribution in [2.45, 2.75) is 11.4 Å². The van der Waals surface area contributed by atoms with Gasteiger partial charge in [-0.2, -0.15) is 9.57 Å². The van der Waals surface area contributed by atoms with Crippen molar-refractivity contribution in [1.82, 2.24) is 9.21 Å². The lowest BCUT2D eigenvalue weighted by Crippen LogP contribution is -2.51. The van der Waals surface area contributed by atoms with Crippen LogP contribution in [0.3, 0.4) is 0 Å². The van der Waals surface area contributed by atoms with Gasteiger partial charge >= 0.3 is 0 Å². The number of carbonyl (C=O) groups is 1. The Balaban J connectivity index is 1.51. The van der Waals surface area contributed by atoms with Gasteiger partial charge in [-0.05, 0) is 47.2 Å². The van der Waals surface area contributed by atoms with Crippen LogP contribution in [0.5, 0.6) is 0 Å². The second kappa shape index (κ2) is 7.76. The van der Waals surface area contributed by atoms with E-state index in [2.05, 4.69) is 6.07 Å². The van der Waals surface area contributed by atoms with Crippen molar-refractivity contribution >= 4 is 49.6 Å². The Morgan fingerprint density at radius 2 is 1.83 bits per heavy atom. The van der Waals surface area contributed by atoms with Gasteiger partial charge in [0.05, 0.1) is 18.0 Å². The van der Waals surface area contributed by atoms with Crippen molar-refractivity contribution in [1.29, 1.82) is 5.26 Å². The molecule has 6 nitrogen and oxygen atoms in total. The maximum Gasteiger partial charge on any atom is 0.243 e. The largest absolute Gasteiger partial charge is 0.335 e. The number of nitriles is 1. The fourth-order valence-electron chi connectivity index (χ4n) is 3.27. The highest BCUT2D eigenvalue weighted by atomic mass is 35.5. The third-order valence-electron chi connectivity index (χ3n) is 4.81. The topological polar surface area (TPSA) is 81.5 Å². The van der Waals surface area contributed by atoms with E-state index in [0.29, 0.717) is 23.0 Å². The molecule has 0 spiro atoms. The van der Waals surface area contributed by atoms with Crippen LogP contribution in [0.1, 0.15) is 9.75 Å². The highest BCUT2D eigenvalue weighted by Gasteiger charge is 2.33. The molecule has 148 valence electrons. The van der Waals surface area contributed by atoms with Gasteiger partial charge in [0, 0.05) is 23.0 Å². The van der Waals surface area contributed by atoms with E-state index in [1.165, 1.54) is 15.6 Å². The van der Waals surface area contributed by atoms with Crippen LogP contribution in [0.25, 0.3) is 10.8 Å². The number of carbonyl (C=O) groups excluding carboxylic acids is 1. The molecule has 0 radical (unpaired) electrons. The molecule has 1 saturated heterocycles. The lowest BCUT2D eigenvalue weighted by molar-refractivity contribution is -0.134. The Labute approximate surface area is 177 Å². The summed E-state index contributed by atoms with van der Waals surface area (Å²) in [5.41, 5.74) is 0. The van der Waals surface area contributed by atoms with Crippen molar-refractivity contribution in [2.75, 3.05) is 19.6 Å². The Morgan fingerprint density at radius 1 is 1.07 bits per heavy atom. The van der Waals surface area contributed by atoms with Crippen molar-refractivity contribution in [3.05, 3.63) is 63.3 Å². The van der Waals surface area contributed by atoms with Crippen LogP contribution >= 0.6 is 22.9 Å². The summed E-state index contributed by atoms with van der Waals surface area (Å²) in [5.74, 6) is -0.251. The molecule has 1 aromatic heterocycles. The van der Waals surface area contributed by atoms with Gasteiger partial charge < -0.3 is 4.90 Å². The summed E-state index contributed by atoms with van der Waals surface area (Å²) in [6, 6.07) is 15.7. The molecule has 0 saturated carbocycles. The lowest BCUT2D eigenvalue weighted by atomic mass is 10.1. The van der Waals surface area contributed by atoms with Crippen LogP contribution in [-0.4, -0.2) is 43.2 Å². The Morgan fingerprint density at radius 3 is 2.55 bits per heavy atom. The van der Waals surface area contributed by atoms with Gasteiger partial charge in [-0.15, -0.1) is 11.3 Å². The average molecular weight is 446 g/mol. The predicted octanol–water partition coefficient (Wildman–Crippen LogP) is 3.46. The van der Waals surface area contributed by atoms with Crippen LogP contribution in [0.4, 0.5) is 0 Å². The molecule has 29 heavy (non-hydrogen) atoms. The van der Waals surface area contributed by atoms with E-state index in [0.717, 1.165) is 15.6 Å². The first-order valence-electron chi connectivity index (χ1n) is 8.83. The molecule has 1 aliphatic heterocycles. The van der Waals surface area contributed by atoms with Crippen molar-refractivity contribution in [3.63, 3.8) is 0 Å². The van der Waals surface area contributed by atoms with E-state index in [-0.39, 0.29) is 23.9 Å². The molecule has 0 aliphatic carbocycles. The van der Waals surface area contributed by atoms with Crippen molar-refractivity contribution in [3.8, 4) is 6.07 Å². The smallest absolute Gasteiger partial charge is 0.243 e. The zero-order valence-electron chi connectivity index (χ0n) is 15.2. The maximum atomic E-state index is 13.0. The molecule has 1 amide bonds. The summed E-state index contributed by atoms with van der Waals surface area (Å²) in [6.45, 7) is 0.720. The number of thiophene rings is 1. The SMILES string of the molecule is N#Cc1ccc(CN2CCN(S(=O)(=O)c3ccc4cc(Cl)ccc4c3)CC2=O)s1. The van der Waals surface area contributed by atoms with E-state index >= 15 is 0 Å². The zero-order chi connectivity index (χ0) is 20.6. The number of rotatable bonds is 4. The summed E-state index contributed by atoms with van der Waals surface area (Å²) < 4.78 is 27.3. The first-order chi connectivity index (χ1) is 13.9. The number of sulfonamides is 1. The molecule has 4 rings (SSSR count). The molecule has 2 heterocycles. The van der Waals surface area contributed by atoms with Crippen molar-refractivity contribution < 1.29 is 13.2 Å². The summed E-state index contributed by atoms with van der Waals surface area (Å²) in [4.78, 5) is 15.8. The number of hydrogen-bond acceptors (Lipinski definition) is 5. The Kier molecular flexibility index (Phi) is 5.32. The number of piperazine rings is 1. The van der Waals surface area contributed by atoms with Gasteiger partial charge in [-0.25, -0.2) is 8.42 Å². The standard InChI is InChI=1S/C20H16ClN3O3S2/c21-16-3-1-15-10-19(6-2-14(15)9-16)29(26,27)24-8-7-23(20(25)13-24)12-18-5-4-17(11-22)28-18/h1-6,9-10H,7-8,12-13H2. The van der Waals surface area contributed by atoms with Gasteiger partial charge in [0.2, 0.25) is 15.9 Å². The molecule has 3 aromatic rings. The van der Waals surface area contributed by atoms with Crippen LogP contribution < -0.4 is 0 Å². The van der Waals surface area contributed by atoms with Gasteiger partial charge in [0.25, 0.3) is 0 Å². The minimum atomic E-state index is -3.78. The normalized spacial score (nSPS) is 15.6. The minimum Gasteiger partial charge on any atom is -0.335 e. The highest BCUT2D eigenvalue weighted by Crippen LogP contribution is 2.26. The zero-order valence-corrected chi connectivity index (χ0v) is 17.6. The van der Waals surface area contributed by atoms with E-state index in [4.69, 9.17) is 16.9 Å². The summed E-state index contributed by atoms with van der Waals surface area (Å²) in [6.07, 6.45) is 0. The predicted molar refractivity (Wildman–Crippen MR) is 112 cm³/mol. The molecule has 0 atom stereocenters. The molecule has 0 N–H and O–H groups in total. The number of fused-ring (bicyclic) bond motifs is 1. The fourth-order valence-corrected chi connectivity index (χ4v) is 5.69. The summed E-state index contributed by atoms with van der Waals surface area (Å²) in [7, 11) is -3.78. The van der Waals surface area contributed by atoms with Gasteiger partial charge in [-0.1, -0.05) is 23.7 Å². The minimum absolute atomic E-state index is 0.158. The van der Waals surface area contributed by atoms with Gasteiger partial charge in [-0.3, -0.25) is 4.79 Å². The third kappa shape index (κ3) is 4.00. The molecule has 0 bridgehead atoms. The van der Waals surface area contributed by atoms with Crippen molar-refractivity contribution in [2.24, 2.45) is 0 Å². The summed E-state index contributed by atoms with van der Waals surface area (Å²) in [5, 5.41) is 11.1. The van der Waals surface area contributed by atoms with Crippen LogP contribution in [-0.2, 0) is 21.4 Å². The quantitative estimate of drug-likeness (QED) is 0.615. The average Bonchev–Trinajstić information content (AvgIpc) is 3.16. The van der Waals surface area contributed by atoms with E-state index in [1.807, 2.05) is 6.07 Å². The second-order valence-corrected chi connectivity index (χ2v) is 10.2. The van der Waals surface area contributed by atoms with Gasteiger partial charge in [0.1, 0.15) is 10.9 Å². The monoisotopic (exact) mass is 445 g/mol. The second-order valence-electron chi connectivity index (χ2n) is 6.68. The molecule has 1 fully saturated rings. The molecule has 1 aliphatic rings. The third-order valence-corrected chi connectivity index (χ3v) is 7.86. The Bertz CT molecular complexity index is 1250. The number of benzene rings is 2. The van der Waals surface area contributed by atoms with Crippen LogP contribution in [0, 0.1) is 11.3 Å². The molecular formula is C20H16ClN3O3S2. The van der Waals surface area contributed by atoms with E-state index < -0.39 is 10.0 Å². The van der Waals surface area contributed by atoms with Gasteiger partial charge in [0.15, 0.2) is 0 Å². The highest BCUT2D eigenvalue weighted by molar-refractivity contribution is 7.89. The number of nitrogens with zero attached hydrogens (tertiary/aromatic N) is 3. The lowest BCUT2D eigenvalue weighted by Gasteiger charge is -2.33. The Hall–Kier alpha value is -2.44. The van der Waals surface area contributed by atoms with E-state index in [1.54, 1.807) is 47.4 Å². The first-order valence-corrected chi connectivity index (χ1v) is 11.5. The number of amides is 1. The molecular weight excluding hydrogens is 430 g/mol. The summed E-state index contributed by atoms with van der Waals surface area (Å²) >= 11 is 7.32. The number of halogens is 1. The first kappa shape index (κ1) is 19.9. The van der Waals surface area contributed by atoms with Crippen LogP contribution in [0.15, 0.2) is 53.4 Å². The number of hydrogen-bond donors (Lipinski definition) is 0. The molecule has 9 heteroatoms. The molecule has 2 aromatic carbocycles. The fraction of sp³-hybridized carbons (Fsp3) is 0.200. The maximum absolute atomic E-state index is 13.0. The molecule has 0 unspecified atom stereocenters. The van der Waals surface area contributed by atoms with E-state index in [9.17, 15) is 13.2 Å².